The minimum Gasteiger partial charge on any atom is -0.465 e. The molecule has 1 unspecified atom stereocenters. The van der Waals surface area contributed by atoms with Gasteiger partial charge in [-0.3, -0.25) is 4.79 Å². The smallest absolute Gasteiger partial charge is 0.337 e. The van der Waals surface area contributed by atoms with Crippen LogP contribution >= 0.6 is 11.8 Å². The molecule has 2 aromatic rings. The van der Waals surface area contributed by atoms with Crippen LogP contribution in [0, 0.1) is 0 Å². The fraction of sp³-hybridized carbons (Fsp3) is 0.389. The maximum absolute atomic E-state index is 12.1. The van der Waals surface area contributed by atoms with Gasteiger partial charge in [-0.2, -0.15) is 5.10 Å². The third-order valence-corrected chi connectivity index (χ3v) is 5.28. The van der Waals surface area contributed by atoms with Crippen molar-refractivity contribution in [3.8, 4) is 0 Å². The molecule has 1 aromatic heterocycles. The third kappa shape index (κ3) is 3.42. The predicted octanol–water partition coefficient (Wildman–Crippen LogP) is 3.20. The zero-order valence-electron chi connectivity index (χ0n) is 14.7. The van der Waals surface area contributed by atoms with Gasteiger partial charge in [0.25, 0.3) is 0 Å². The molecule has 25 heavy (non-hydrogen) atoms. The van der Waals surface area contributed by atoms with Gasteiger partial charge in [0.2, 0.25) is 5.91 Å². The first-order valence-corrected chi connectivity index (χ1v) is 9.04. The molecular weight excluding hydrogens is 338 g/mol. The van der Waals surface area contributed by atoms with Gasteiger partial charge in [0.05, 0.1) is 35.4 Å². The minimum absolute atomic E-state index is 0.0308. The van der Waals surface area contributed by atoms with E-state index in [2.05, 4.69) is 10.4 Å². The van der Waals surface area contributed by atoms with E-state index in [0.717, 1.165) is 16.9 Å². The number of esters is 1. The van der Waals surface area contributed by atoms with Gasteiger partial charge >= 0.3 is 5.97 Å². The highest BCUT2D eigenvalue weighted by atomic mass is 32.2. The standard InChI is InChI=1S/C18H21N3O3S/c1-18(2,3)21-16-13(9-19-21)15(25-10-14(22)20-16)11-5-7-12(8-6-11)17(23)24-4/h5-9,15H,10H2,1-4H3,(H,20,22). The first-order valence-electron chi connectivity index (χ1n) is 7.99. The number of fused-ring (bicyclic) bond motifs is 1. The van der Waals surface area contributed by atoms with Gasteiger partial charge in [0.1, 0.15) is 5.82 Å². The Balaban J connectivity index is 2.02. The molecule has 1 atom stereocenters. The maximum atomic E-state index is 12.1. The predicted molar refractivity (Wildman–Crippen MR) is 97.9 cm³/mol. The second-order valence-electron chi connectivity index (χ2n) is 6.88. The number of hydrogen-bond donors (Lipinski definition) is 1. The highest BCUT2D eigenvalue weighted by molar-refractivity contribution is 8.00. The molecule has 1 aliphatic heterocycles. The summed E-state index contributed by atoms with van der Waals surface area (Å²) in [5.41, 5.74) is 2.25. The highest BCUT2D eigenvalue weighted by Crippen LogP contribution is 2.42. The molecule has 0 aliphatic carbocycles. The van der Waals surface area contributed by atoms with Crippen LogP contribution in [0.3, 0.4) is 0 Å². The van der Waals surface area contributed by atoms with Crippen LogP contribution in [0.4, 0.5) is 5.82 Å². The Hall–Kier alpha value is -2.28. The molecule has 1 amide bonds. The monoisotopic (exact) mass is 359 g/mol. The molecule has 0 spiro atoms. The van der Waals surface area contributed by atoms with Crippen LogP contribution in [0.25, 0.3) is 0 Å². The minimum atomic E-state index is -0.363. The van der Waals surface area contributed by atoms with Crippen molar-refractivity contribution in [1.29, 1.82) is 0 Å². The fourth-order valence-electron chi connectivity index (χ4n) is 2.79. The largest absolute Gasteiger partial charge is 0.465 e. The van der Waals surface area contributed by atoms with E-state index in [-0.39, 0.29) is 22.7 Å². The van der Waals surface area contributed by atoms with Crippen LogP contribution in [-0.2, 0) is 15.1 Å². The summed E-state index contributed by atoms with van der Waals surface area (Å²) < 4.78 is 6.59. The van der Waals surface area contributed by atoms with Crippen LogP contribution in [-0.4, -0.2) is 34.5 Å². The van der Waals surface area contributed by atoms with E-state index in [0.29, 0.717) is 11.3 Å². The first kappa shape index (κ1) is 17.5. The molecule has 0 bridgehead atoms. The summed E-state index contributed by atoms with van der Waals surface area (Å²) in [7, 11) is 1.36. The number of rotatable bonds is 2. The van der Waals surface area contributed by atoms with Crippen molar-refractivity contribution in [2.24, 2.45) is 0 Å². The lowest BCUT2D eigenvalue weighted by Gasteiger charge is -2.23. The summed E-state index contributed by atoms with van der Waals surface area (Å²) in [5, 5.41) is 7.45. The van der Waals surface area contributed by atoms with E-state index in [1.807, 2.05) is 43.8 Å². The van der Waals surface area contributed by atoms with E-state index in [1.54, 1.807) is 23.9 Å². The number of hydrogen-bond acceptors (Lipinski definition) is 5. The number of thioether (sulfide) groups is 1. The molecule has 3 rings (SSSR count). The van der Waals surface area contributed by atoms with E-state index < -0.39 is 0 Å². The summed E-state index contributed by atoms with van der Waals surface area (Å²) in [6, 6.07) is 7.29. The van der Waals surface area contributed by atoms with Crippen molar-refractivity contribution < 1.29 is 14.3 Å². The van der Waals surface area contributed by atoms with Gasteiger partial charge in [-0.05, 0) is 38.5 Å². The molecule has 0 fully saturated rings. The Labute approximate surface area is 150 Å². The molecule has 1 aromatic carbocycles. The molecule has 6 nitrogen and oxygen atoms in total. The number of carbonyl (C=O) groups excluding carboxylic acids is 2. The molecule has 0 saturated heterocycles. The van der Waals surface area contributed by atoms with Gasteiger partial charge in [-0.1, -0.05) is 12.1 Å². The molecule has 2 heterocycles. The van der Waals surface area contributed by atoms with Gasteiger partial charge < -0.3 is 10.1 Å². The number of methoxy groups -OCH3 is 1. The Morgan fingerprint density at radius 2 is 2.00 bits per heavy atom. The quantitative estimate of drug-likeness (QED) is 0.834. The summed E-state index contributed by atoms with van der Waals surface area (Å²) in [5.74, 6) is 0.705. The third-order valence-electron chi connectivity index (χ3n) is 3.99. The number of nitrogens with one attached hydrogen (secondary N) is 1. The van der Waals surface area contributed by atoms with E-state index in [4.69, 9.17) is 4.74 Å². The summed E-state index contributed by atoms with van der Waals surface area (Å²) >= 11 is 1.55. The zero-order chi connectivity index (χ0) is 18.2. The number of nitrogens with zero attached hydrogens (tertiary/aromatic N) is 2. The highest BCUT2D eigenvalue weighted by Gasteiger charge is 2.30. The number of amides is 1. The van der Waals surface area contributed by atoms with Crippen molar-refractivity contribution in [2.75, 3.05) is 18.2 Å². The molecule has 1 N–H and O–H groups in total. The summed E-state index contributed by atoms with van der Waals surface area (Å²) in [6.07, 6.45) is 1.82. The summed E-state index contributed by atoms with van der Waals surface area (Å²) in [4.78, 5) is 23.8. The SMILES string of the molecule is COC(=O)c1ccc(C2SCC(=O)Nc3c2cnn3C(C)(C)C)cc1. The van der Waals surface area contributed by atoms with Crippen LogP contribution in [0.15, 0.2) is 30.5 Å². The molecule has 0 radical (unpaired) electrons. The van der Waals surface area contributed by atoms with Crippen LogP contribution in [0.1, 0.15) is 47.5 Å². The van der Waals surface area contributed by atoms with Crippen LogP contribution in [0.5, 0.6) is 0 Å². The van der Waals surface area contributed by atoms with Gasteiger partial charge in [-0.15, -0.1) is 11.8 Å². The Morgan fingerprint density at radius 3 is 2.60 bits per heavy atom. The van der Waals surface area contributed by atoms with Crippen LogP contribution < -0.4 is 5.32 Å². The number of aromatic nitrogens is 2. The Kier molecular flexibility index (Phi) is 4.60. The fourth-order valence-corrected chi connectivity index (χ4v) is 3.88. The number of anilines is 1. The van der Waals surface area contributed by atoms with E-state index >= 15 is 0 Å². The number of ether oxygens (including phenoxy) is 1. The molecule has 0 saturated carbocycles. The van der Waals surface area contributed by atoms with Crippen molar-refractivity contribution >= 4 is 29.5 Å². The van der Waals surface area contributed by atoms with Gasteiger partial charge in [0.15, 0.2) is 0 Å². The molecule has 1 aliphatic rings. The average Bonchev–Trinajstić information content (AvgIpc) is 2.91. The zero-order valence-corrected chi connectivity index (χ0v) is 15.5. The number of carbonyl (C=O) groups is 2. The van der Waals surface area contributed by atoms with E-state index in [1.165, 1.54) is 7.11 Å². The van der Waals surface area contributed by atoms with Crippen LogP contribution in [0.2, 0.25) is 0 Å². The second-order valence-corrected chi connectivity index (χ2v) is 7.98. The Morgan fingerprint density at radius 1 is 1.32 bits per heavy atom. The maximum Gasteiger partial charge on any atom is 0.337 e. The lowest BCUT2D eigenvalue weighted by molar-refractivity contribution is -0.113. The average molecular weight is 359 g/mol. The number of benzene rings is 1. The second kappa shape index (κ2) is 6.55. The topological polar surface area (TPSA) is 73.2 Å². The van der Waals surface area contributed by atoms with E-state index in [9.17, 15) is 9.59 Å². The first-order chi connectivity index (χ1) is 11.8. The van der Waals surface area contributed by atoms with Crippen molar-refractivity contribution in [2.45, 2.75) is 31.6 Å². The Bertz CT molecular complexity index is 806. The molecule has 132 valence electrons. The van der Waals surface area contributed by atoms with Crippen molar-refractivity contribution in [3.63, 3.8) is 0 Å². The van der Waals surface area contributed by atoms with Crippen molar-refractivity contribution in [3.05, 3.63) is 47.2 Å². The summed E-state index contributed by atoms with van der Waals surface area (Å²) in [6.45, 7) is 6.14. The lowest BCUT2D eigenvalue weighted by Crippen LogP contribution is -2.27. The van der Waals surface area contributed by atoms with Crippen molar-refractivity contribution in [1.82, 2.24) is 9.78 Å². The lowest BCUT2D eigenvalue weighted by atomic mass is 10.0. The molecular formula is C18H21N3O3S. The normalized spacial score (nSPS) is 17.4. The molecule has 7 heteroatoms. The van der Waals surface area contributed by atoms with Gasteiger partial charge in [-0.25, -0.2) is 9.48 Å². The van der Waals surface area contributed by atoms with Gasteiger partial charge in [0, 0.05) is 5.56 Å².